The minimum absolute atomic E-state index is 0.973. The zero-order valence-electron chi connectivity index (χ0n) is 11.8. The molecule has 1 aromatic carbocycles. The number of hydrogen-bond acceptors (Lipinski definition) is 1. The third-order valence-electron chi connectivity index (χ3n) is 3.76. The van der Waals surface area contributed by atoms with Gasteiger partial charge in [0.2, 0.25) is 0 Å². The van der Waals surface area contributed by atoms with E-state index in [2.05, 4.69) is 55.0 Å². The third-order valence-corrected chi connectivity index (χ3v) is 3.76. The first-order valence-corrected chi connectivity index (χ1v) is 6.99. The molecule has 0 aliphatic heterocycles. The molecule has 1 N–H and O–H groups in total. The lowest BCUT2D eigenvalue weighted by Gasteiger charge is -2.07. The predicted octanol–water partition coefficient (Wildman–Crippen LogP) is 3.77. The summed E-state index contributed by atoms with van der Waals surface area (Å²) >= 11 is 0. The van der Waals surface area contributed by atoms with Crippen molar-refractivity contribution in [2.75, 3.05) is 6.54 Å². The van der Waals surface area contributed by atoms with Gasteiger partial charge in [-0.15, -0.1) is 0 Å². The molecule has 2 rings (SSSR count). The summed E-state index contributed by atoms with van der Waals surface area (Å²) in [6.45, 7) is 6.56. The van der Waals surface area contributed by atoms with Crippen molar-refractivity contribution >= 4 is 10.9 Å². The highest BCUT2D eigenvalue weighted by molar-refractivity contribution is 5.85. The smallest absolute Gasteiger partial charge is 0.0483 e. The van der Waals surface area contributed by atoms with Gasteiger partial charge in [-0.1, -0.05) is 38.0 Å². The van der Waals surface area contributed by atoms with E-state index in [1.807, 2.05) is 0 Å². The monoisotopic (exact) mass is 244 g/mol. The summed E-state index contributed by atoms with van der Waals surface area (Å²) < 4.78 is 2.32. The minimum Gasteiger partial charge on any atom is -0.346 e. The van der Waals surface area contributed by atoms with Gasteiger partial charge in [0.1, 0.15) is 0 Å². The van der Waals surface area contributed by atoms with Crippen LogP contribution in [-0.2, 0) is 13.6 Å². The lowest BCUT2D eigenvalue weighted by Crippen LogP contribution is -2.17. The van der Waals surface area contributed by atoms with Crippen LogP contribution < -0.4 is 5.32 Å². The lowest BCUT2D eigenvalue weighted by molar-refractivity contribution is 0.601. The normalized spacial score (nSPS) is 11.3. The molecule has 0 bridgehead atoms. The van der Waals surface area contributed by atoms with E-state index in [0.717, 1.165) is 13.1 Å². The molecule has 2 heteroatoms. The van der Waals surface area contributed by atoms with Crippen molar-refractivity contribution in [3.8, 4) is 0 Å². The van der Waals surface area contributed by atoms with Gasteiger partial charge in [0.05, 0.1) is 0 Å². The van der Waals surface area contributed by atoms with Crippen molar-refractivity contribution < 1.29 is 0 Å². The Kier molecular flexibility index (Phi) is 4.43. The largest absolute Gasteiger partial charge is 0.346 e. The summed E-state index contributed by atoms with van der Waals surface area (Å²) in [6.07, 6.45) is 3.88. The average molecular weight is 244 g/mol. The fourth-order valence-corrected chi connectivity index (χ4v) is 2.59. The number of rotatable bonds is 6. The third kappa shape index (κ3) is 2.59. The molecular weight excluding hydrogens is 220 g/mol. The molecule has 2 nitrogen and oxygen atoms in total. The van der Waals surface area contributed by atoms with Gasteiger partial charge in [-0.05, 0) is 31.5 Å². The van der Waals surface area contributed by atoms with Crippen molar-refractivity contribution in [3.05, 3.63) is 35.5 Å². The first-order valence-electron chi connectivity index (χ1n) is 6.99. The van der Waals surface area contributed by atoms with Gasteiger partial charge in [0.15, 0.2) is 0 Å². The molecule has 0 aliphatic rings. The molecule has 0 saturated heterocycles. The van der Waals surface area contributed by atoms with Gasteiger partial charge in [0, 0.05) is 30.2 Å². The zero-order chi connectivity index (χ0) is 13.0. The van der Waals surface area contributed by atoms with Crippen LogP contribution in [-0.4, -0.2) is 11.1 Å². The second-order valence-corrected chi connectivity index (χ2v) is 5.03. The van der Waals surface area contributed by atoms with Crippen LogP contribution in [0, 0.1) is 6.92 Å². The van der Waals surface area contributed by atoms with E-state index in [9.17, 15) is 0 Å². The van der Waals surface area contributed by atoms with Crippen molar-refractivity contribution in [1.29, 1.82) is 0 Å². The van der Waals surface area contributed by atoms with Gasteiger partial charge >= 0.3 is 0 Å². The number of para-hydroxylation sites is 1. The van der Waals surface area contributed by atoms with Crippen LogP contribution in [0.25, 0.3) is 10.9 Å². The second-order valence-electron chi connectivity index (χ2n) is 5.03. The summed E-state index contributed by atoms with van der Waals surface area (Å²) in [4.78, 5) is 0. The SMILES string of the molecule is CCCCCNCc1c(C)c2ccccc2n1C. The molecule has 0 aliphatic carbocycles. The number of aromatic nitrogens is 1. The first kappa shape index (κ1) is 13.2. The summed E-state index contributed by atoms with van der Waals surface area (Å²) in [5.74, 6) is 0. The van der Waals surface area contributed by atoms with Crippen molar-refractivity contribution in [3.63, 3.8) is 0 Å². The molecule has 1 aromatic heterocycles. The van der Waals surface area contributed by atoms with Gasteiger partial charge < -0.3 is 9.88 Å². The van der Waals surface area contributed by atoms with E-state index in [4.69, 9.17) is 0 Å². The molecule has 0 amide bonds. The van der Waals surface area contributed by atoms with Crippen LogP contribution in [0.2, 0.25) is 0 Å². The highest BCUT2D eigenvalue weighted by atomic mass is 15.0. The standard InChI is InChI=1S/C16H24N2/c1-4-5-8-11-17-12-16-13(2)14-9-6-7-10-15(14)18(16)3/h6-7,9-10,17H,4-5,8,11-12H2,1-3H3. The van der Waals surface area contributed by atoms with Crippen LogP contribution in [0.4, 0.5) is 0 Å². The Labute approximate surface area is 110 Å². The Morgan fingerprint density at radius 1 is 1.17 bits per heavy atom. The first-order chi connectivity index (χ1) is 8.75. The van der Waals surface area contributed by atoms with Crippen molar-refractivity contribution in [2.24, 2.45) is 7.05 Å². The van der Waals surface area contributed by atoms with E-state index < -0.39 is 0 Å². The minimum atomic E-state index is 0.973. The van der Waals surface area contributed by atoms with Crippen LogP contribution in [0.1, 0.15) is 37.4 Å². The maximum Gasteiger partial charge on any atom is 0.0483 e. The number of nitrogens with one attached hydrogen (secondary N) is 1. The van der Waals surface area contributed by atoms with E-state index in [1.165, 1.54) is 41.4 Å². The molecule has 1 heterocycles. The molecule has 0 fully saturated rings. The van der Waals surface area contributed by atoms with E-state index in [-0.39, 0.29) is 0 Å². The molecule has 0 saturated carbocycles. The van der Waals surface area contributed by atoms with Gasteiger partial charge in [-0.25, -0.2) is 0 Å². The summed E-state index contributed by atoms with van der Waals surface area (Å²) in [5, 5.41) is 4.94. The Morgan fingerprint density at radius 2 is 1.94 bits per heavy atom. The number of fused-ring (bicyclic) bond motifs is 1. The van der Waals surface area contributed by atoms with Crippen molar-refractivity contribution in [1.82, 2.24) is 9.88 Å². The molecule has 18 heavy (non-hydrogen) atoms. The molecule has 0 unspecified atom stereocenters. The maximum atomic E-state index is 3.56. The Bertz CT molecular complexity index is 472. The molecule has 0 atom stereocenters. The molecule has 0 spiro atoms. The number of unbranched alkanes of at least 4 members (excludes halogenated alkanes) is 2. The van der Waals surface area contributed by atoms with Gasteiger partial charge in [-0.3, -0.25) is 0 Å². The Hall–Kier alpha value is -1.28. The maximum absolute atomic E-state index is 3.56. The zero-order valence-corrected chi connectivity index (χ0v) is 11.8. The van der Waals surface area contributed by atoms with E-state index in [0.29, 0.717) is 0 Å². The second kappa shape index (κ2) is 6.05. The quantitative estimate of drug-likeness (QED) is 0.765. The summed E-state index contributed by atoms with van der Waals surface area (Å²) in [7, 11) is 2.17. The van der Waals surface area contributed by atoms with E-state index in [1.54, 1.807) is 0 Å². The Balaban J connectivity index is 2.08. The molecule has 2 aromatic rings. The fraction of sp³-hybridized carbons (Fsp3) is 0.500. The van der Waals surface area contributed by atoms with Crippen LogP contribution in [0.3, 0.4) is 0 Å². The molecule has 98 valence electrons. The van der Waals surface area contributed by atoms with E-state index >= 15 is 0 Å². The number of nitrogens with zero attached hydrogens (tertiary/aromatic N) is 1. The van der Waals surface area contributed by atoms with Crippen molar-refractivity contribution in [2.45, 2.75) is 39.7 Å². The molecule has 0 radical (unpaired) electrons. The number of aryl methyl sites for hydroxylation is 2. The average Bonchev–Trinajstić information content (AvgIpc) is 2.64. The van der Waals surface area contributed by atoms with Gasteiger partial charge in [-0.2, -0.15) is 0 Å². The number of benzene rings is 1. The lowest BCUT2D eigenvalue weighted by atomic mass is 10.1. The van der Waals surface area contributed by atoms with Crippen LogP contribution in [0.5, 0.6) is 0 Å². The number of hydrogen-bond donors (Lipinski definition) is 1. The fourth-order valence-electron chi connectivity index (χ4n) is 2.59. The van der Waals surface area contributed by atoms with Gasteiger partial charge in [0.25, 0.3) is 0 Å². The predicted molar refractivity (Wildman–Crippen MR) is 78.9 cm³/mol. The van der Waals surface area contributed by atoms with Crippen LogP contribution >= 0.6 is 0 Å². The summed E-state index contributed by atoms with van der Waals surface area (Å²) in [6, 6.07) is 8.64. The highest BCUT2D eigenvalue weighted by Gasteiger charge is 2.09. The van der Waals surface area contributed by atoms with Crippen LogP contribution in [0.15, 0.2) is 24.3 Å². The molecular formula is C16H24N2. The highest BCUT2D eigenvalue weighted by Crippen LogP contribution is 2.24. The summed E-state index contributed by atoms with van der Waals surface area (Å²) in [5.41, 5.74) is 4.16. The Morgan fingerprint density at radius 3 is 2.67 bits per heavy atom. The topological polar surface area (TPSA) is 17.0 Å².